The molecule has 1 aromatic heterocycles. The molecular formula is C7H5ClF4N2. The van der Waals surface area contributed by atoms with Crippen LogP contribution < -0.4 is 5.73 Å². The molecule has 0 aliphatic rings. The highest BCUT2D eigenvalue weighted by molar-refractivity contribution is 6.30. The Balaban J connectivity index is 3.53. The lowest BCUT2D eigenvalue weighted by atomic mass is 10.1. The Bertz CT molecular complexity index is 375. The monoisotopic (exact) mass is 228 g/mol. The lowest BCUT2D eigenvalue weighted by Crippen LogP contribution is -2.13. The highest BCUT2D eigenvalue weighted by Crippen LogP contribution is 2.37. The van der Waals surface area contributed by atoms with Crippen LogP contribution >= 0.6 is 11.6 Å². The van der Waals surface area contributed by atoms with Crippen LogP contribution in [0.4, 0.5) is 23.4 Å². The number of pyridine rings is 1. The van der Waals surface area contributed by atoms with Gasteiger partial charge in [0.25, 0.3) is 0 Å². The average Bonchev–Trinajstić information content (AvgIpc) is 1.97. The summed E-state index contributed by atoms with van der Waals surface area (Å²) in [6.07, 6.45) is -4.73. The van der Waals surface area contributed by atoms with Crippen LogP contribution in [0.3, 0.4) is 0 Å². The van der Waals surface area contributed by atoms with Crippen LogP contribution in [0.2, 0.25) is 5.15 Å². The second-order valence-corrected chi connectivity index (χ2v) is 2.96. The zero-order valence-corrected chi connectivity index (χ0v) is 7.67. The minimum Gasteiger partial charge on any atom is -0.381 e. The summed E-state index contributed by atoms with van der Waals surface area (Å²) in [5.41, 5.74) is 3.07. The van der Waals surface area contributed by atoms with Crippen LogP contribution in [-0.2, 0) is 6.18 Å². The van der Waals surface area contributed by atoms with Gasteiger partial charge >= 0.3 is 6.18 Å². The number of rotatable bonds is 0. The summed E-state index contributed by atoms with van der Waals surface area (Å²) in [6.45, 7) is 0.947. The molecule has 0 aromatic carbocycles. The summed E-state index contributed by atoms with van der Waals surface area (Å²) >= 11 is 5.21. The minimum atomic E-state index is -4.73. The van der Waals surface area contributed by atoms with Crippen molar-refractivity contribution in [1.82, 2.24) is 4.98 Å². The molecule has 2 N–H and O–H groups in total. The van der Waals surface area contributed by atoms with Gasteiger partial charge in [-0.3, -0.25) is 0 Å². The molecule has 0 spiro atoms. The van der Waals surface area contributed by atoms with Gasteiger partial charge in [-0.2, -0.15) is 13.2 Å². The lowest BCUT2D eigenvalue weighted by Gasteiger charge is -2.12. The van der Waals surface area contributed by atoms with Crippen LogP contribution in [0, 0.1) is 12.7 Å². The molecule has 7 heteroatoms. The molecule has 0 unspecified atom stereocenters. The van der Waals surface area contributed by atoms with Crippen LogP contribution in [0.15, 0.2) is 0 Å². The summed E-state index contributed by atoms with van der Waals surface area (Å²) in [5.74, 6) is -1.83. The van der Waals surface area contributed by atoms with Gasteiger partial charge in [-0.05, 0) is 6.92 Å². The van der Waals surface area contributed by atoms with Crippen molar-refractivity contribution in [1.29, 1.82) is 0 Å². The van der Waals surface area contributed by atoms with E-state index in [2.05, 4.69) is 4.98 Å². The second-order valence-electron chi connectivity index (χ2n) is 2.60. The van der Waals surface area contributed by atoms with Gasteiger partial charge in [0.05, 0.1) is 5.56 Å². The van der Waals surface area contributed by atoms with Crippen LogP contribution in [0.1, 0.15) is 11.1 Å². The molecule has 0 amide bonds. The predicted molar refractivity (Wildman–Crippen MR) is 43.4 cm³/mol. The molecule has 0 radical (unpaired) electrons. The largest absolute Gasteiger partial charge is 0.419 e. The van der Waals surface area contributed by atoms with Crippen LogP contribution in [0.25, 0.3) is 0 Å². The molecule has 1 aromatic rings. The first-order chi connectivity index (χ1) is 6.25. The van der Waals surface area contributed by atoms with E-state index >= 15 is 0 Å². The maximum atomic E-state index is 13.0. The number of nitrogens with two attached hydrogens (primary N) is 1. The van der Waals surface area contributed by atoms with Gasteiger partial charge in [0.15, 0.2) is 11.6 Å². The second kappa shape index (κ2) is 3.27. The molecule has 2 nitrogen and oxygen atoms in total. The van der Waals surface area contributed by atoms with Crippen molar-refractivity contribution in [3.05, 3.63) is 22.1 Å². The number of alkyl halides is 3. The Morgan fingerprint density at radius 1 is 1.36 bits per heavy atom. The molecule has 0 fully saturated rings. The smallest absolute Gasteiger partial charge is 0.381 e. The molecule has 0 aliphatic heterocycles. The van der Waals surface area contributed by atoms with Gasteiger partial charge < -0.3 is 5.73 Å². The van der Waals surface area contributed by atoms with Gasteiger partial charge in [0.2, 0.25) is 0 Å². The predicted octanol–water partition coefficient (Wildman–Crippen LogP) is 2.78. The quantitative estimate of drug-likeness (QED) is 0.548. The molecule has 0 aliphatic carbocycles. The lowest BCUT2D eigenvalue weighted by molar-refractivity contribution is -0.138. The topological polar surface area (TPSA) is 38.9 Å². The molecular weight excluding hydrogens is 224 g/mol. The molecule has 0 bridgehead atoms. The Morgan fingerprint density at radius 3 is 2.29 bits per heavy atom. The molecule has 0 saturated carbocycles. The Kier molecular flexibility index (Phi) is 2.58. The zero-order valence-electron chi connectivity index (χ0n) is 6.91. The maximum Gasteiger partial charge on any atom is 0.419 e. The summed E-state index contributed by atoms with van der Waals surface area (Å²) in [7, 11) is 0. The third kappa shape index (κ3) is 1.75. The van der Waals surface area contributed by atoms with E-state index < -0.39 is 34.1 Å². The van der Waals surface area contributed by atoms with Crippen molar-refractivity contribution in [2.24, 2.45) is 0 Å². The van der Waals surface area contributed by atoms with E-state index in [4.69, 9.17) is 17.3 Å². The van der Waals surface area contributed by atoms with Gasteiger partial charge in [-0.1, -0.05) is 11.6 Å². The average molecular weight is 229 g/mol. The van der Waals surface area contributed by atoms with E-state index in [1.807, 2.05) is 0 Å². The zero-order chi connectivity index (χ0) is 11.1. The summed E-state index contributed by atoms with van der Waals surface area (Å²) in [4.78, 5) is 3.05. The highest BCUT2D eigenvalue weighted by atomic mass is 35.5. The van der Waals surface area contributed by atoms with Crippen LogP contribution in [0.5, 0.6) is 0 Å². The Hall–Kier alpha value is -1.04. The van der Waals surface area contributed by atoms with Crippen molar-refractivity contribution in [3.8, 4) is 0 Å². The van der Waals surface area contributed by atoms with Crippen molar-refractivity contribution in [3.63, 3.8) is 0 Å². The van der Waals surface area contributed by atoms with E-state index in [0.717, 1.165) is 6.92 Å². The maximum absolute atomic E-state index is 13.0. The van der Waals surface area contributed by atoms with E-state index in [1.54, 1.807) is 0 Å². The molecule has 0 saturated heterocycles. The van der Waals surface area contributed by atoms with Crippen molar-refractivity contribution >= 4 is 17.4 Å². The minimum absolute atomic E-state index is 0.638. The molecule has 14 heavy (non-hydrogen) atoms. The number of hydrogen-bond acceptors (Lipinski definition) is 2. The SMILES string of the molecule is Cc1c(F)c(N)nc(Cl)c1C(F)(F)F. The number of nitrogens with zero attached hydrogens (tertiary/aromatic N) is 1. The van der Waals surface area contributed by atoms with Gasteiger partial charge in [-0.15, -0.1) is 0 Å². The van der Waals surface area contributed by atoms with Crippen molar-refractivity contribution in [2.75, 3.05) is 5.73 Å². The third-order valence-electron chi connectivity index (χ3n) is 1.64. The van der Waals surface area contributed by atoms with Crippen molar-refractivity contribution in [2.45, 2.75) is 13.1 Å². The van der Waals surface area contributed by atoms with E-state index in [1.165, 1.54) is 0 Å². The van der Waals surface area contributed by atoms with E-state index in [0.29, 0.717) is 0 Å². The summed E-state index contributed by atoms with van der Waals surface area (Å²) < 4.78 is 49.8. The van der Waals surface area contributed by atoms with Gasteiger partial charge in [0.1, 0.15) is 5.15 Å². The Labute approximate surface area is 81.7 Å². The normalized spacial score (nSPS) is 11.9. The standard InChI is InChI=1S/C7H5ClF4N2/c1-2-3(7(10,11)12)5(8)14-6(13)4(2)9/h1H3,(H2,13,14). The third-order valence-corrected chi connectivity index (χ3v) is 1.91. The summed E-state index contributed by atoms with van der Waals surface area (Å²) in [6, 6.07) is 0. The number of aromatic nitrogens is 1. The first-order valence-corrected chi connectivity index (χ1v) is 3.81. The molecule has 1 heterocycles. The number of hydrogen-bond donors (Lipinski definition) is 1. The van der Waals surface area contributed by atoms with Gasteiger partial charge in [0, 0.05) is 5.56 Å². The van der Waals surface area contributed by atoms with E-state index in [9.17, 15) is 17.6 Å². The fourth-order valence-electron chi connectivity index (χ4n) is 0.997. The van der Waals surface area contributed by atoms with Crippen LogP contribution in [-0.4, -0.2) is 4.98 Å². The first kappa shape index (κ1) is 11.0. The van der Waals surface area contributed by atoms with Crippen molar-refractivity contribution < 1.29 is 17.6 Å². The first-order valence-electron chi connectivity index (χ1n) is 3.43. The van der Waals surface area contributed by atoms with Gasteiger partial charge in [-0.25, -0.2) is 9.37 Å². The summed E-state index contributed by atoms with van der Waals surface area (Å²) in [5, 5.41) is -0.839. The fourth-order valence-corrected chi connectivity index (χ4v) is 1.34. The number of nitrogen functional groups attached to an aromatic ring is 1. The highest BCUT2D eigenvalue weighted by Gasteiger charge is 2.37. The fraction of sp³-hybridized carbons (Fsp3) is 0.286. The molecule has 1 rings (SSSR count). The molecule has 78 valence electrons. The number of halogens is 5. The molecule has 0 atom stereocenters. The Morgan fingerprint density at radius 2 is 1.86 bits per heavy atom. The van der Waals surface area contributed by atoms with E-state index in [-0.39, 0.29) is 0 Å². The number of anilines is 1.